The summed E-state index contributed by atoms with van der Waals surface area (Å²) in [5.41, 5.74) is -0.0832. The molecule has 0 radical (unpaired) electrons. The fraction of sp³-hybridized carbons (Fsp3) is 0.462. The molecule has 1 heterocycles. The van der Waals surface area contributed by atoms with Crippen LogP contribution in [0.15, 0.2) is 18.2 Å². The van der Waals surface area contributed by atoms with Crippen LogP contribution < -0.4 is 5.32 Å². The van der Waals surface area contributed by atoms with E-state index in [0.29, 0.717) is 31.2 Å². The number of carbonyl (C=O) groups is 1. The van der Waals surface area contributed by atoms with Gasteiger partial charge in [-0.05, 0) is 43.0 Å². The van der Waals surface area contributed by atoms with Crippen molar-refractivity contribution < 1.29 is 13.6 Å². The molecule has 4 heteroatoms. The lowest BCUT2D eigenvalue weighted by atomic mass is 9.86. The minimum Gasteiger partial charge on any atom is -0.350 e. The molecule has 1 fully saturated rings. The number of hydrogen-bond donors (Lipinski definition) is 1. The van der Waals surface area contributed by atoms with Gasteiger partial charge >= 0.3 is 0 Å². The highest BCUT2D eigenvalue weighted by atomic mass is 19.1. The highest BCUT2D eigenvalue weighted by Gasteiger charge is 2.36. The van der Waals surface area contributed by atoms with E-state index in [2.05, 4.69) is 5.32 Å². The Hall–Kier alpha value is -1.45. The van der Waals surface area contributed by atoms with E-state index in [0.717, 1.165) is 12.1 Å². The predicted octanol–water partition coefficient (Wildman–Crippen LogP) is 2.57. The molecule has 1 atom stereocenters. The van der Waals surface area contributed by atoms with Crippen molar-refractivity contribution in [3.63, 3.8) is 0 Å². The second-order valence-electron chi connectivity index (χ2n) is 4.59. The van der Waals surface area contributed by atoms with Gasteiger partial charge in [-0.1, -0.05) is 6.92 Å². The normalized spacial score (nSPS) is 23.8. The molecular weight excluding hydrogens is 224 g/mol. The van der Waals surface area contributed by atoms with Crippen molar-refractivity contribution in [2.24, 2.45) is 0 Å². The molecule has 17 heavy (non-hydrogen) atoms. The average Bonchev–Trinajstić information content (AvgIpc) is 2.66. The predicted molar refractivity (Wildman–Crippen MR) is 60.5 cm³/mol. The lowest BCUT2D eigenvalue weighted by Crippen LogP contribution is -2.43. The zero-order chi connectivity index (χ0) is 12.5. The summed E-state index contributed by atoms with van der Waals surface area (Å²) < 4.78 is 26.6. The highest BCUT2D eigenvalue weighted by Crippen LogP contribution is 2.29. The number of carbonyl (C=O) groups excluding carboxylic acids is 1. The first-order chi connectivity index (χ1) is 8.04. The Bertz CT molecular complexity index is 447. The van der Waals surface area contributed by atoms with Crippen LogP contribution in [0.5, 0.6) is 0 Å². The van der Waals surface area contributed by atoms with E-state index in [1.807, 2.05) is 6.92 Å². The maximum absolute atomic E-state index is 13.5. The van der Waals surface area contributed by atoms with Crippen molar-refractivity contribution in [1.82, 2.24) is 5.32 Å². The molecule has 1 amide bonds. The first-order valence-corrected chi connectivity index (χ1v) is 5.79. The van der Waals surface area contributed by atoms with E-state index in [4.69, 9.17) is 0 Å². The second-order valence-corrected chi connectivity index (χ2v) is 4.59. The second kappa shape index (κ2) is 4.43. The molecule has 1 saturated heterocycles. The molecule has 1 aliphatic heterocycles. The molecule has 0 saturated carbocycles. The largest absolute Gasteiger partial charge is 0.350 e. The van der Waals surface area contributed by atoms with Gasteiger partial charge in [-0.3, -0.25) is 4.79 Å². The van der Waals surface area contributed by atoms with Crippen LogP contribution in [-0.4, -0.2) is 11.4 Å². The van der Waals surface area contributed by atoms with Crippen molar-refractivity contribution in [2.75, 3.05) is 0 Å². The Morgan fingerprint density at radius 2 is 2.18 bits per heavy atom. The molecule has 0 bridgehead atoms. The van der Waals surface area contributed by atoms with Crippen molar-refractivity contribution in [3.05, 3.63) is 35.4 Å². The lowest BCUT2D eigenvalue weighted by molar-refractivity contribution is -0.119. The van der Waals surface area contributed by atoms with Gasteiger partial charge < -0.3 is 5.32 Å². The number of amides is 1. The molecule has 1 aliphatic rings. The number of nitrogens with one attached hydrogen (secondary N) is 1. The van der Waals surface area contributed by atoms with Gasteiger partial charge in [-0.25, -0.2) is 8.78 Å². The van der Waals surface area contributed by atoms with Crippen molar-refractivity contribution in [2.45, 2.75) is 38.1 Å². The average molecular weight is 239 g/mol. The number of halogens is 2. The van der Waals surface area contributed by atoms with E-state index in [9.17, 15) is 13.6 Å². The lowest BCUT2D eigenvalue weighted by Gasteiger charge is -2.28. The number of benzene rings is 1. The summed E-state index contributed by atoms with van der Waals surface area (Å²) in [7, 11) is 0. The van der Waals surface area contributed by atoms with Gasteiger partial charge in [-0.15, -0.1) is 0 Å². The Morgan fingerprint density at radius 1 is 1.41 bits per heavy atom. The third kappa shape index (κ3) is 2.46. The van der Waals surface area contributed by atoms with E-state index in [-0.39, 0.29) is 5.91 Å². The van der Waals surface area contributed by atoms with Crippen LogP contribution in [0.2, 0.25) is 0 Å². The van der Waals surface area contributed by atoms with Crippen molar-refractivity contribution in [1.29, 1.82) is 0 Å². The molecule has 2 nitrogen and oxygen atoms in total. The molecule has 0 aromatic heterocycles. The Labute approximate surface area is 99.0 Å². The minimum atomic E-state index is -0.447. The summed E-state index contributed by atoms with van der Waals surface area (Å²) in [5.74, 6) is -0.874. The number of rotatable bonds is 3. The third-order valence-corrected chi connectivity index (χ3v) is 3.45. The molecule has 1 unspecified atom stereocenters. The maximum Gasteiger partial charge on any atom is 0.220 e. The van der Waals surface area contributed by atoms with Crippen LogP contribution in [-0.2, 0) is 11.2 Å². The summed E-state index contributed by atoms with van der Waals surface area (Å²) in [5, 5.41) is 2.88. The van der Waals surface area contributed by atoms with Crippen LogP contribution in [0, 0.1) is 11.6 Å². The Balaban J connectivity index is 2.24. The van der Waals surface area contributed by atoms with Gasteiger partial charge in [0.1, 0.15) is 11.6 Å². The number of hydrogen-bond acceptors (Lipinski definition) is 1. The van der Waals surface area contributed by atoms with Crippen LogP contribution in [0.3, 0.4) is 0 Å². The zero-order valence-corrected chi connectivity index (χ0v) is 9.72. The smallest absolute Gasteiger partial charge is 0.220 e. The first-order valence-electron chi connectivity index (χ1n) is 5.79. The van der Waals surface area contributed by atoms with Gasteiger partial charge in [0.05, 0.1) is 0 Å². The summed E-state index contributed by atoms with van der Waals surface area (Å²) in [4.78, 5) is 11.3. The summed E-state index contributed by atoms with van der Waals surface area (Å²) in [6, 6.07) is 3.44. The SMILES string of the molecule is CCC1(Cc2cc(F)ccc2F)CCC(=O)N1. The summed E-state index contributed by atoms with van der Waals surface area (Å²) >= 11 is 0. The molecule has 0 spiro atoms. The van der Waals surface area contributed by atoms with Gasteiger partial charge in [0.15, 0.2) is 0 Å². The van der Waals surface area contributed by atoms with E-state index < -0.39 is 17.2 Å². The molecule has 1 N–H and O–H groups in total. The third-order valence-electron chi connectivity index (χ3n) is 3.45. The first kappa shape index (κ1) is 12.0. The van der Waals surface area contributed by atoms with Gasteiger partial charge in [0.25, 0.3) is 0 Å². The maximum atomic E-state index is 13.5. The van der Waals surface area contributed by atoms with Crippen LogP contribution in [0.1, 0.15) is 31.7 Å². The van der Waals surface area contributed by atoms with Crippen LogP contribution in [0.4, 0.5) is 8.78 Å². The fourth-order valence-electron chi connectivity index (χ4n) is 2.34. The molecule has 2 rings (SSSR count). The molecule has 1 aromatic rings. The molecule has 92 valence electrons. The minimum absolute atomic E-state index is 0.0105. The molecule has 1 aromatic carbocycles. The molecule has 0 aliphatic carbocycles. The van der Waals surface area contributed by atoms with E-state index in [1.165, 1.54) is 6.07 Å². The van der Waals surface area contributed by atoms with Crippen molar-refractivity contribution in [3.8, 4) is 0 Å². The molecular formula is C13H15F2NO. The zero-order valence-electron chi connectivity index (χ0n) is 9.72. The van der Waals surface area contributed by atoms with Crippen molar-refractivity contribution >= 4 is 5.91 Å². The Kier molecular flexibility index (Phi) is 3.13. The monoisotopic (exact) mass is 239 g/mol. The van der Waals surface area contributed by atoms with E-state index in [1.54, 1.807) is 0 Å². The van der Waals surface area contributed by atoms with Crippen LogP contribution >= 0.6 is 0 Å². The standard InChI is InChI=1S/C13H15F2NO/c1-2-13(6-5-12(17)16-13)8-9-7-10(14)3-4-11(9)15/h3-4,7H,2,5-6,8H2,1H3,(H,16,17). The quantitative estimate of drug-likeness (QED) is 0.863. The van der Waals surface area contributed by atoms with E-state index >= 15 is 0 Å². The summed E-state index contributed by atoms with van der Waals surface area (Å²) in [6.45, 7) is 1.95. The topological polar surface area (TPSA) is 29.1 Å². The van der Waals surface area contributed by atoms with Crippen LogP contribution in [0.25, 0.3) is 0 Å². The van der Waals surface area contributed by atoms with Gasteiger partial charge in [0, 0.05) is 12.0 Å². The van der Waals surface area contributed by atoms with Gasteiger partial charge in [-0.2, -0.15) is 0 Å². The summed E-state index contributed by atoms with van der Waals surface area (Å²) in [6.07, 6.45) is 2.20. The Morgan fingerprint density at radius 3 is 2.76 bits per heavy atom. The fourth-order valence-corrected chi connectivity index (χ4v) is 2.34. The van der Waals surface area contributed by atoms with Gasteiger partial charge in [0.2, 0.25) is 5.91 Å². The highest BCUT2D eigenvalue weighted by molar-refractivity contribution is 5.79.